The van der Waals surface area contributed by atoms with E-state index in [1.165, 1.54) is 12.1 Å². The SMILES string of the molecule is CC(C)(C)OC(=O)N1C2C=C(c3ccc([N+](=O)[O-])cc3)CC1COC2. The molecule has 2 unspecified atom stereocenters. The lowest BCUT2D eigenvalue weighted by Crippen LogP contribution is -2.57. The summed E-state index contributed by atoms with van der Waals surface area (Å²) in [5.74, 6) is 0. The molecule has 7 nitrogen and oxygen atoms in total. The summed E-state index contributed by atoms with van der Waals surface area (Å²) in [6, 6.07) is 6.23. The normalized spacial score (nSPS) is 23.0. The van der Waals surface area contributed by atoms with Crippen molar-refractivity contribution in [2.75, 3.05) is 13.2 Å². The molecule has 0 saturated carbocycles. The fourth-order valence-electron chi connectivity index (χ4n) is 3.21. The zero-order valence-electron chi connectivity index (χ0n) is 14.6. The van der Waals surface area contributed by atoms with Crippen LogP contribution < -0.4 is 0 Å². The van der Waals surface area contributed by atoms with Gasteiger partial charge in [0.2, 0.25) is 0 Å². The molecule has 0 radical (unpaired) electrons. The summed E-state index contributed by atoms with van der Waals surface area (Å²) in [5.41, 5.74) is 1.53. The number of hydrogen-bond donors (Lipinski definition) is 0. The maximum absolute atomic E-state index is 12.5. The number of carbonyl (C=O) groups is 1. The van der Waals surface area contributed by atoms with Crippen LogP contribution in [0, 0.1) is 10.1 Å². The largest absolute Gasteiger partial charge is 0.444 e. The van der Waals surface area contributed by atoms with E-state index in [-0.39, 0.29) is 23.9 Å². The van der Waals surface area contributed by atoms with Gasteiger partial charge in [-0.1, -0.05) is 6.08 Å². The van der Waals surface area contributed by atoms with Crippen LogP contribution >= 0.6 is 0 Å². The number of non-ortho nitro benzene ring substituents is 1. The van der Waals surface area contributed by atoms with Crippen molar-refractivity contribution in [3.8, 4) is 0 Å². The number of morpholine rings is 1. The highest BCUT2D eigenvalue weighted by Crippen LogP contribution is 2.34. The molecule has 2 bridgehead atoms. The Hall–Kier alpha value is -2.41. The Labute approximate surface area is 146 Å². The summed E-state index contributed by atoms with van der Waals surface area (Å²) in [4.78, 5) is 24.7. The summed E-state index contributed by atoms with van der Waals surface area (Å²) in [6.45, 7) is 6.42. The quantitative estimate of drug-likeness (QED) is 0.605. The third kappa shape index (κ3) is 3.82. The van der Waals surface area contributed by atoms with E-state index in [2.05, 4.69) is 0 Å². The van der Waals surface area contributed by atoms with E-state index in [9.17, 15) is 14.9 Å². The predicted octanol–water partition coefficient (Wildman–Crippen LogP) is 3.39. The first-order valence-electron chi connectivity index (χ1n) is 8.29. The molecule has 7 heteroatoms. The van der Waals surface area contributed by atoms with Crippen LogP contribution in [0.3, 0.4) is 0 Å². The van der Waals surface area contributed by atoms with Crippen molar-refractivity contribution in [2.24, 2.45) is 0 Å². The van der Waals surface area contributed by atoms with Crippen LogP contribution in [0.1, 0.15) is 32.8 Å². The van der Waals surface area contributed by atoms with Crippen molar-refractivity contribution < 1.29 is 19.2 Å². The molecule has 25 heavy (non-hydrogen) atoms. The number of carbonyl (C=O) groups excluding carboxylic acids is 1. The Bertz CT molecular complexity index is 705. The molecule has 2 aliphatic heterocycles. The van der Waals surface area contributed by atoms with Gasteiger partial charge in [0.25, 0.3) is 5.69 Å². The topological polar surface area (TPSA) is 81.9 Å². The van der Waals surface area contributed by atoms with Gasteiger partial charge in [-0.2, -0.15) is 0 Å². The number of nitro groups is 1. The third-order valence-corrected chi connectivity index (χ3v) is 4.25. The predicted molar refractivity (Wildman–Crippen MR) is 92.2 cm³/mol. The van der Waals surface area contributed by atoms with Gasteiger partial charge in [-0.25, -0.2) is 4.79 Å². The lowest BCUT2D eigenvalue weighted by Gasteiger charge is -2.44. The monoisotopic (exact) mass is 346 g/mol. The number of rotatable bonds is 2. The summed E-state index contributed by atoms with van der Waals surface area (Å²) >= 11 is 0. The van der Waals surface area contributed by atoms with E-state index >= 15 is 0 Å². The Kier molecular flexibility index (Phi) is 4.51. The fraction of sp³-hybridized carbons (Fsp3) is 0.500. The van der Waals surface area contributed by atoms with E-state index in [0.29, 0.717) is 19.6 Å². The number of hydrogen-bond acceptors (Lipinski definition) is 5. The van der Waals surface area contributed by atoms with Crippen LogP contribution in [0.2, 0.25) is 0 Å². The second-order valence-electron chi connectivity index (χ2n) is 7.35. The molecule has 1 aromatic rings. The Morgan fingerprint density at radius 2 is 1.96 bits per heavy atom. The molecule has 1 saturated heterocycles. The number of amides is 1. The van der Waals surface area contributed by atoms with Crippen molar-refractivity contribution in [3.05, 3.63) is 46.0 Å². The third-order valence-electron chi connectivity index (χ3n) is 4.25. The average molecular weight is 346 g/mol. The lowest BCUT2D eigenvalue weighted by atomic mass is 9.90. The molecule has 0 spiro atoms. The van der Waals surface area contributed by atoms with Crippen LogP contribution in [-0.2, 0) is 9.47 Å². The molecule has 1 aromatic carbocycles. The number of nitrogens with zero attached hydrogens (tertiary/aromatic N) is 2. The average Bonchev–Trinajstić information content (AvgIpc) is 2.52. The van der Waals surface area contributed by atoms with Crippen molar-refractivity contribution in [1.82, 2.24) is 4.90 Å². The van der Waals surface area contributed by atoms with Crippen molar-refractivity contribution in [3.63, 3.8) is 0 Å². The minimum Gasteiger partial charge on any atom is -0.444 e. The van der Waals surface area contributed by atoms with Gasteiger partial charge in [-0.3, -0.25) is 15.0 Å². The van der Waals surface area contributed by atoms with E-state index in [1.54, 1.807) is 17.0 Å². The Morgan fingerprint density at radius 3 is 2.52 bits per heavy atom. The van der Waals surface area contributed by atoms with Crippen LogP contribution in [0.5, 0.6) is 0 Å². The lowest BCUT2D eigenvalue weighted by molar-refractivity contribution is -0.384. The molecule has 2 heterocycles. The number of nitro benzene ring substituents is 1. The van der Waals surface area contributed by atoms with Crippen molar-refractivity contribution in [2.45, 2.75) is 44.9 Å². The summed E-state index contributed by atoms with van der Waals surface area (Å²) in [6.07, 6.45) is 2.30. The fourth-order valence-corrected chi connectivity index (χ4v) is 3.21. The molecule has 0 aromatic heterocycles. The van der Waals surface area contributed by atoms with E-state index < -0.39 is 10.5 Å². The standard InChI is InChI=1S/C18H22N2O5/c1-18(2,3)25-17(21)19-15-8-13(9-16(19)11-24-10-15)12-4-6-14(7-5-12)20(22)23/h4-8,15-16H,9-11H2,1-3H3. The van der Waals surface area contributed by atoms with Gasteiger partial charge >= 0.3 is 6.09 Å². The number of benzene rings is 1. The van der Waals surface area contributed by atoms with Crippen molar-refractivity contribution in [1.29, 1.82) is 0 Å². The number of ether oxygens (including phenoxy) is 2. The molecule has 0 aliphatic carbocycles. The maximum Gasteiger partial charge on any atom is 0.411 e. The summed E-state index contributed by atoms with van der Waals surface area (Å²) in [7, 11) is 0. The molecule has 2 atom stereocenters. The maximum atomic E-state index is 12.5. The van der Waals surface area contributed by atoms with Crippen LogP contribution in [0.15, 0.2) is 30.3 Å². The summed E-state index contributed by atoms with van der Waals surface area (Å²) < 4.78 is 11.1. The van der Waals surface area contributed by atoms with Crippen LogP contribution in [0.4, 0.5) is 10.5 Å². The highest BCUT2D eigenvalue weighted by atomic mass is 16.6. The molecular weight excluding hydrogens is 324 g/mol. The Morgan fingerprint density at radius 1 is 1.28 bits per heavy atom. The zero-order valence-corrected chi connectivity index (χ0v) is 14.6. The van der Waals surface area contributed by atoms with Gasteiger partial charge in [-0.15, -0.1) is 0 Å². The summed E-state index contributed by atoms with van der Waals surface area (Å²) in [5, 5.41) is 10.8. The molecule has 3 rings (SSSR count). The van der Waals surface area contributed by atoms with Gasteiger partial charge in [0, 0.05) is 12.1 Å². The first-order valence-corrected chi connectivity index (χ1v) is 8.29. The van der Waals surface area contributed by atoms with Gasteiger partial charge in [0.15, 0.2) is 0 Å². The zero-order chi connectivity index (χ0) is 18.2. The second kappa shape index (κ2) is 6.48. The van der Waals surface area contributed by atoms with E-state index in [4.69, 9.17) is 9.47 Å². The highest BCUT2D eigenvalue weighted by Gasteiger charge is 2.40. The molecule has 1 amide bonds. The van der Waals surface area contributed by atoms with Crippen LogP contribution in [-0.4, -0.2) is 46.8 Å². The van der Waals surface area contributed by atoms with Gasteiger partial charge in [0.05, 0.1) is 30.2 Å². The molecule has 2 aliphatic rings. The highest BCUT2D eigenvalue weighted by molar-refractivity contribution is 5.75. The van der Waals surface area contributed by atoms with Gasteiger partial charge in [-0.05, 0) is 50.5 Å². The van der Waals surface area contributed by atoms with Gasteiger partial charge < -0.3 is 9.47 Å². The first kappa shape index (κ1) is 17.4. The van der Waals surface area contributed by atoms with Crippen molar-refractivity contribution >= 4 is 17.4 Å². The molecular formula is C18H22N2O5. The number of fused-ring (bicyclic) bond motifs is 2. The smallest absolute Gasteiger partial charge is 0.411 e. The molecule has 0 N–H and O–H groups in total. The van der Waals surface area contributed by atoms with Gasteiger partial charge in [0.1, 0.15) is 5.60 Å². The van der Waals surface area contributed by atoms with Crippen LogP contribution in [0.25, 0.3) is 5.57 Å². The van der Waals surface area contributed by atoms with E-state index in [1.807, 2.05) is 26.8 Å². The Balaban J connectivity index is 1.83. The minimum absolute atomic E-state index is 0.0686. The molecule has 1 fully saturated rings. The first-order chi connectivity index (χ1) is 11.7. The van der Waals surface area contributed by atoms with E-state index in [0.717, 1.165) is 11.1 Å². The minimum atomic E-state index is -0.547. The molecule has 134 valence electrons. The second-order valence-corrected chi connectivity index (χ2v) is 7.35.